The van der Waals surface area contributed by atoms with E-state index in [0.29, 0.717) is 6.20 Å². The molecule has 0 aliphatic carbocycles. The van der Waals surface area contributed by atoms with Gasteiger partial charge in [0.2, 0.25) is 0 Å². The maximum absolute atomic E-state index is 15.7. The molecule has 4 rings (SSSR count). The highest BCUT2D eigenvalue weighted by Gasteiger charge is 2.57. The number of nitrogens with one attached hydrogen (secondary N) is 1. The van der Waals surface area contributed by atoms with Gasteiger partial charge in [0.05, 0.1) is 10.7 Å². The molecule has 3 N–H and O–H groups in total. The monoisotopic (exact) mass is 451 g/mol. The van der Waals surface area contributed by atoms with Gasteiger partial charge in [-0.2, -0.15) is 0 Å². The second-order valence-corrected chi connectivity index (χ2v) is 7.73. The van der Waals surface area contributed by atoms with Crippen LogP contribution in [0.2, 0.25) is 0 Å². The Balaban J connectivity index is 1.66. The highest BCUT2D eigenvalue weighted by atomic mass is 31.2. The fraction of sp³-hybridized carbons (Fsp3) is 0.375. The van der Waals surface area contributed by atoms with Crippen molar-refractivity contribution >= 4 is 7.82 Å². The van der Waals surface area contributed by atoms with Crippen molar-refractivity contribution in [1.29, 1.82) is 0 Å². The van der Waals surface area contributed by atoms with Crippen LogP contribution in [0.1, 0.15) is 15.9 Å². The first kappa shape index (κ1) is 17.3. The highest BCUT2D eigenvalue weighted by Crippen LogP contribution is 2.55. The van der Waals surface area contributed by atoms with Gasteiger partial charge in [-0.1, -0.05) is 0 Å². The van der Waals surface area contributed by atoms with Gasteiger partial charge in [0.1, 0.15) is 30.3 Å². The van der Waals surface area contributed by atoms with E-state index in [-0.39, 0.29) is 15.9 Å². The molecule has 1 saturated heterocycles. The minimum atomic E-state index is -4.94. The van der Waals surface area contributed by atoms with Crippen LogP contribution in [-0.4, -0.2) is 44.4 Å². The number of phosphoric ester groups is 1. The van der Waals surface area contributed by atoms with E-state index >= 15 is 4.39 Å². The number of hydrogen-bond donors (Lipinski definition) is 3. The van der Waals surface area contributed by atoms with Crippen LogP contribution in [0.25, 0.3) is 0 Å². The Morgan fingerprint density at radius 3 is 2.93 bits per heavy atom. The zero-order valence-corrected chi connectivity index (χ0v) is 15.5. The smallest absolute Gasteiger partial charge is 0.404 e. The molecule has 1 aromatic carbocycles. The minimum Gasteiger partial charge on any atom is -0.404 e. The Bertz CT molecular complexity index is 1280. The van der Waals surface area contributed by atoms with Crippen molar-refractivity contribution in [2.24, 2.45) is 0 Å². The maximum Gasteiger partial charge on any atom is 0.530 e. The summed E-state index contributed by atoms with van der Waals surface area (Å²) >= 11 is 0. The van der Waals surface area contributed by atoms with Crippen LogP contribution < -0.4 is 15.8 Å². The number of phosphoric acid groups is 1. The van der Waals surface area contributed by atoms with Crippen LogP contribution in [0, 0.1) is 5.82 Å². The fourth-order valence-electron chi connectivity index (χ4n) is 2.68. The first-order chi connectivity index (χ1) is 15.2. The van der Waals surface area contributed by atoms with E-state index in [1.165, 1.54) is 0 Å². The molecule has 162 valence electrons. The Kier molecular flexibility index (Phi) is 4.25. The second kappa shape index (κ2) is 7.38. The SMILES string of the molecule is [2H]C([2H])(OP1(=O)OCc2cc(F)ccc2O1)[C@@]1(F)O[C@@]([2H])(n2ccc(=O)[nH]c2=O)[C@H](O)[C@@H]1O. The van der Waals surface area contributed by atoms with Crippen LogP contribution in [0.15, 0.2) is 40.1 Å². The lowest BCUT2D eigenvalue weighted by molar-refractivity contribution is -0.205. The summed E-state index contributed by atoms with van der Waals surface area (Å²) in [5.41, 5.74) is -2.15. The molecular formula is C16H15F2N2O9P. The van der Waals surface area contributed by atoms with Gasteiger partial charge in [0.25, 0.3) is 11.4 Å². The van der Waals surface area contributed by atoms with E-state index in [1.807, 2.05) is 0 Å². The summed E-state index contributed by atoms with van der Waals surface area (Å²) in [7, 11) is -4.94. The van der Waals surface area contributed by atoms with E-state index in [0.717, 1.165) is 24.3 Å². The fourth-order valence-corrected chi connectivity index (χ4v) is 3.78. The van der Waals surface area contributed by atoms with Gasteiger partial charge in [0, 0.05) is 17.8 Å². The van der Waals surface area contributed by atoms with E-state index in [4.69, 9.17) is 13.2 Å². The summed E-state index contributed by atoms with van der Waals surface area (Å²) in [4.78, 5) is 25.0. The maximum atomic E-state index is 15.7. The molecule has 0 amide bonds. The number of aliphatic hydroxyl groups is 2. The van der Waals surface area contributed by atoms with Crippen molar-refractivity contribution in [3.8, 4) is 5.75 Å². The molecule has 1 fully saturated rings. The lowest BCUT2D eigenvalue weighted by Crippen LogP contribution is -2.43. The van der Waals surface area contributed by atoms with E-state index in [1.54, 1.807) is 4.98 Å². The molecule has 1 unspecified atom stereocenters. The van der Waals surface area contributed by atoms with Crippen molar-refractivity contribution in [3.63, 3.8) is 0 Å². The van der Waals surface area contributed by atoms with Gasteiger partial charge in [-0.05, 0) is 18.2 Å². The molecule has 0 bridgehead atoms. The first-order valence-corrected chi connectivity index (χ1v) is 9.68. The third kappa shape index (κ3) is 3.71. The number of aromatic amines is 1. The number of aromatic nitrogens is 2. The number of H-pyrrole nitrogens is 1. The molecule has 1 aromatic heterocycles. The first-order valence-electron chi connectivity index (χ1n) is 9.72. The highest BCUT2D eigenvalue weighted by molar-refractivity contribution is 7.49. The minimum absolute atomic E-state index is 0.0933. The number of benzene rings is 1. The third-order valence-electron chi connectivity index (χ3n) is 4.15. The lowest BCUT2D eigenvalue weighted by Gasteiger charge is -2.28. The molecule has 30 heavy (non-hydrogen) atoms. The number of rotatable bonds is 4. The van der Waals surface area contributed by atoms with Gasteiger partial charge in [-0.15, -0.1) is 0 Å². The standard InChI is InChI=1S/C16H15F2N2O9P/c17-9-1-2-10-8(5-9)6-26-30(25,29-10)27-7-16(18)13(23)12(22)14(28-16)20-4-3-11(21)19-15(20)24/h1-5,12-14,22-23H,6-7H2,(H,19,21,24)/t12-,13+,14-,16-,30?/m1/s1/i7D2,14D. The van der Waals surface area contributed by atoms with Crippen molar-refractivity contribution in [2.45, 2.75) is 30.9 Å². The molecule has 2 aromatic rings. The summed E-state index contributed by atoms with van der Waals surface area (Å²) in [6.07, 6.45) is -7.99. The number of fused-ring (bicyclic) bond motifs is 1. The average Bonchev–Trinajstić information content (AvgIpc) is 2.89. The molecule has 3 heterocycles. The Morgan fingerprint density at radius 1 is 1.43 bits per heavy atom. The van der Waals surface area contributed by atoms with Crippen LogP contribution >= 0.6 is 7.82 Å². The molecule has 0 saturated carbocycles. The predicted molar refractivity (Wildman–Crippen MR) is 92.7 cm³/mol. The normalized spacial score (nSPS) is 37.5. The van der Waals surface area contributed by atoms with Crippen LogP contribution in [0.5, 0.6) is 5.75 Å². The molecule has 2 aliphatic rings. The summed E-state index contributed by atoms with van der Waals surface area (Å²) in [6.45, 7) is -4.48. The Morgan fingerprint density at radius 2 is 2.20 bits per heavy atom. The van der Waals surface area contributed by atoms with Crippen LogP contribution in [0.4, 0.5) is 8.78 Å². The zero-order chi connectivity index (χ0) is 24.4. The molecule has 11 nitrogen and oxygen atoms in total. The Labute approximate surface area is 170 Å². The van der Waals surface area contributed by atoms with Gasteiger partial charge in [-0.25, -0.2) is 18.1 Å². The van der Waals surface area contributed by atoms with Gasteiger partial charge in [-0.3, -0.25) is 23.4 Å². The van der Waals surface area contributed by atoms with Gasteiger partial charge < -0.3 is 19.5 Å². The van der Waals surface area contributed by atoms with Gasteiger partial charge >= 0.3 is 13.5 Å². The van der Waals surface area contributed by atoms with Crippen molar-refractivity contribution in [1.82, 2.24) is 9.55 Å². The summed E-state index contributed by atoms with van der Waals surface area (Å²) < 4.78 is 85.0. The largest absolute Gasteiger partial charge is 0.530 e. The topological polar surface area (TPSA) is 149 Å². The molecule has 5 atom stereocenters. The number of ether oxygens (including phenoxy) is 1. The summed E-state index contributed by atoms with van der Waals surface area (Å²) in [5, 5.41) is 20.5. The van der Waals surface area contributed by atoms with Crippen molar-refractivity contribution < 1.29 is 46.0 Å². The zero-order valence-electron chi connectivity index (χ0n) is 17.7. The van der Waals surface area contributed by atoms with Crippen LogP contribution in [-0.2, 0) is 25.0 Å². The van der Waals surface area contributed by atoms with E-state index < -0.39 is 62.3 Å². The summed E-state index contributed by atoms with van der Waals surface area (Å²) in [6, 6.07) is 3.70. The molecule has 14 heteroatoms. The Hall–Kier alpha value is -2.41. The average molecular weight is 451 g/mol. The third-order valence-corrected chi connectivity index (χ3v) is 5.33. The predicted octanol–water partition coefficient (Wildman–Crippen LogP) is 0.326. The number of hydrogen-bond acceptors (Lipinski definition) is 9. The molecular weight excluding hydrogens is 433 g/mol. The van der Waals surface area contributed by atoms with Gasteiger partial charge in [0.15, 0.2) is 6.20 Å². The van der Waals surface area contributed by atoms with Crippen LogP contribution in [0.3, 0.4) is 0 Å². The number of halogens is 2. The number of alkyl halides is 1. The van der Waals surface area contributed by atoms with E-state index in [9.17, 15) is 28.8 Å². The van der Waals surface area contributed by atoms with E-state index in [2.05, 4.69) is 9.26 Å². The molecule has 0 spiro atoms. The molecule has 0 radical (unpaired) electrons. The lowest BCUT2D eigenvalue weighted by atomic mass is 10.1. The number of aliphatic hydroxyl groups excluding tert-OH is 2. The van der Waals surface area contributed by atoms with Crippen molar-refractivity contribution in [2.75, 3.05) is 6.56 Å². The molecule has 2 aliphatic heterocycles. The summed E-state index contributed by atoms with van der Waals surface area (Å²) in [5.74, 6) is -4.98. The number of nitrogens with zero attached hydrogens (tertiary/aromatic N) is 1. The quantitative estimate of drug-likeness (QED) is 0.559. The second-order valence-electron chi connectivity index (χ2n) is 6.21. The van der Waals surface area contributed by atoms with Crippen molar-refractivity contribution in [3.05, 3.63) is 62.7 Å².